The fraction of sp³-hybridized carbons (Fsp3) is 0.324. The van der Waals surface area contributed by atoms with Gasteiger partial charge in [0.25, 0.3) is 5.91 Å². The van der Waals surface area contributed by atoms with E-state index in [0.29, 0.717) is 29.9 Å². The van der Waals surface area contributed by atoms with E-state index in [9.17, 15) is 4.79 Å². The second-order valence-corrected chi connectivity index (χ2v) is 11.9. The van der Waals surface area contributed by atoms with Gasteiger partial charge in [0.15, 0.2) is 0 Å². The lowest BCUT2D eigenvalue weighted by Crippen LogP contribution is -2.46. The first-order valence-electron chi connectivity index (χ1n) is 14.1. The zero-order valence-corrected chi connectivity index (χ0v) is 22.7. The molecule has 5 heteroatoms. The van der Waals surface area contributed by atoms with Crippen LogP contribution in [0.2, 0.25) is 0 Å². The zero-order chi connectivity index (χ0) is 26.7. The van der Waals surface area contributed by atoms with Gasteiger partial charge in [-0.25, -0.2) is 9.97 Å². The number of nitrogens with one attached hydrogen (secondary N) is 1. The molecule has 39 heavy (non-hydrogen) atoms. The summed E-state index contributed by atoms with van der Waals surface area (Å²) in [6.45, 7) is 7.34. The van der Waals surface area contributed by atoms with Crippen LogP contribution in [0.3, 0.4) is 0 Å². The Morgan fingerprint density at radius 3 is 2.49 bits per heavy atom. The number of fused-ring (bicyclic) bond motifs is 9. The molecule has 0 spiro atoms. The van der Waals surface area contributed by atoms with Crippen molar-refractivity contribution in [3.05, 3.63) is 89.5 Å². The molecule has 0 radical (unpaired) electrons. The summed E-state index contributed by atoms with van der Waals surface area (Å²) in [6.07, 6.45) is 3.50. The molecule has 4 aromatic carbocycles. The van der Waals surface area contributed by atoms with Gasteiger partial charge in [-0.2, -0.15) is 0 Å². The molecule has 1 N–H and O–H groups in total. The molecule has 2 heterocycles. The first kappa shape index (κ1) is 24.1. The third kappa shape index (κ3) is 4.03. The van der Waals surface area contributed by atoms with E-state index in [2.05, 4.69) is 50.4 Å². The minimum Gasteiger partial charge on any atom is -0.487 e. The van der Waals surface area contributed by atoms with Crippen molar-refractivity contribution in [2.75, 3.05) is 0 Å². The van der Waals surface area contributed by atoms with Gasteiger partial charge in [0.1, 0.15) is 11.4 Å². The van der Waals surface area contributed by atoms with Crippen LogP contribution in [0.15, 0.2) is 72.8 Å². The molecule has 0 saturated heterocycles. The molecule has 196 valence electrons. The molecule has 5 aromatic rings. The number of nitrogens with zero attached hydrogens (tertiary/aromatic N) is 2. The molecule has 1 aromatic heterocycles. The van der Waals surface area contributed by atoms with E-state index in [1.807, 2.05) is 48.5 Å². The quantitative estimate of drug-likeness (QED) is 0.199. The van der Waals surface area contributed by atoms with Crippen LogP contribution in [-0.2, 0) is 6.54 Å². The standard InChI is InChI=1S/C34H33N3O2/c1-20-13-15-26-25(17-20)29-31-30(23-11-7-8-12-24(23)32(29)39-34(26,2)3)36-27-16-14-22(18-28(27)37-31)33(38)35-19-21-9-5-4-6-10-21/h4-12,14,16,18,20,25-26H,13,15,17,19H2,1-3H3,(H,35,38). The number of amides is 1. The second kappa shape index (κ2) is 9.04. The number of aromatic nitrogens is 2. The fourth-order valence-electron chi connectivity index (χ4n) is 6.92. The maximum absolute atomic E-state index is 13.0. The highest BCUT2D eigenvalue weighted by Crippen LogP contribution is 2.56. The van der Waals surface area contributed by atoms with Crippen LogP contribution >= 0.6 is 0 Å². The average Bonchev–Trinajstić information content (AvgIpc) is 2.95. The van der Waals surface area contributed by atoms with Crippen LogP contribution in [0.5, 0.6) is 5.75 Å². The van der Waals surface area contributed by atoms with Gasteiger partial charge in [-0.05, 0) is 62.3 Å². The number of ether oxygens (including phenoxy) is 1. The lowest BCUT2D eigenvalue weighted by Gasteiger charge is -2.49. The van der Waals surface area contributed by atoms with Gasteiger partial charge in [-0.1, -0.05) is 67.9 Å². The Kier molecular flexibility index (Phi) is 5.58. The van der Waals surface area contributed by atoms with E-state index in [-0.39, 0.29) is 11.5 Å². The topological polar surface area (TPSA) is 64.1 Å². The van der Waals surface area contributed by atoms with Crippen molar-refractivity contribution in [2.24, 2.45) is 11.8 Å². The molecule has 0 bridgehead atoms. The Labute approximate surface area is 228 Å². The Hall–Kier alpha value is -3.99. The van der Waals surface area contributed by atoms with Crippen molar-refractivity contribution in [1.29, 1.82) is 0 Å². The van der Waals surface area contributed by atoms with E-state index in [1.165, 1.54) is 12.0 Å². The van der Waals surface area contributed by atoms with Crippen molar-refractivity contribution in [1.82, 2.24) is 15.3 Å². The fourth-order valence-corrected chi connectivity index (χ4v) is 6.92. The number of hydrogen-bond donors (Lipinski definition) is 1. The highest BCUT2D eigenvalue weighted by molar-refractivity contribution is 6.11. The van der Waals surface area contributed by atoms with Crippen molar-refractivity contribution in [3.8, 4) is 5.75 Å². The first-order valence-corrected chi connectivity index (χ1v) is 14.1. The molecule has 1 saturated carbocycles. The predicted octanol–water partition coefficient (Wildman–Crippen LogP) is 7.56. The van der Waals surface area contributed by atoms with Gasteiger partial charge in [-0.15, -0.1) is 0 Å². The van der Waals surface area contributed by atoms with Gasteiger partial charge in [-0.3, -0.25) is 4.79 Å². The summed E-state index contributed by atoms with van der Waals surface area (Å²) in [5, 5.41) is 5.20. The molecule has 3 unspecified atom stereocenters. The van der Waals surface area contributed by atoms with Crippen molar-refractivity contribution in [3.63, 3.8) is 0 Å². The Bertz CT molecular complexity index is 1740. The summed E-state index contributed by atoms with van der Waals surface area (Å²) in [6, 6.07) is 24.0. The monoisotopic (exact) mass is 515 g/mol. The highest BCUT2D eigenvalue weighted by Gasteiger charge is 2.47. The zero-order valence-electron chi connectivity index (χ0n) is 22.7. The predicted molar refractivity (Wildman–Crippen MR) is 156 cm³/mol. The van der Waals surface area contributed by atoms with Crippen LogP contribution in [0.4, 0.5) is 0 Å². The van der Waals surface area contributed by atoms with Gasteiger partial charge in [0.05, 0.1) is 22.1 Å². The lowest BCUT2D eigenvalue weighted by molar-refractivity contribution is -0.0115. The molecule has 3 atom stereocenters. The summed E-state index contributed by atoms with van der Waals surface area (Å²) in [5.74, 6) is 2.29. The summed E-state index contributed by atoms with van der Waals surface area (Å²) in [7, 11) is 0. The molecular formula is C34H33N3O2. The van der Waals surface area contributed by atoms with E-state index in [1.54, 1.807) is 0 Å². The Morgan fingerprint density at radius 1 is 0.923 bits per heavy atom. The van der Waals surface area contributed by atoms with Crippen LogP contribution in [0.25, 0.3) is 32.8 Å². The minimum atomic E-state index is -0.247. The molecule has 7 rings (SSSR count). The second-order valence-electron chi connectivity index (χ2n) is 11.9. The van der Waals surface area contributed by atoms with Crippen molar-refractivity contribution >= 4 is 38.7 Å². The van der Waals surface area contributed by atoms with Crippen molar-refractivity contribution in [2.45, 2.75) is 58.1 Å². The van der Waals surface area contributed by atoms with E-state index >= 15 is 0 Å². The van der Waals surface area contributed by atoms with Crippen LogP contribution in [0.1, 0.15) is 67.4 Å². The minimum absolute atomic E-state index is 0.116. The maximum Gasteiger partial charge on any atom is 0.251 e. The molecule has 5 nitrogen and oxygen atoms in total. The smallest absolute Gasteiger partial charge is 0.251 e. The summed E-state index contributed by atoms with van der Waals surface area (Å²) < 4.78 is 6.86. The van der Waals surface area contributed by atoms with Gasteiger partial charge >= 0.3 is 0 Å². The largest absolute Gasteiger partial charge is 0.487 e. The maximum atomic E-state index is 13.0. The highest BCUT2D eigenvalue weighted by atomic mass is 16.5. The van der Waals surface area contributed by atoms with E-state index < -0.39 is 0 Å². The molecule has 1 aliphatic heterocycles. The molecule has 1 amide bonds. The van der Waals surface area contributed by atoms with Gasteiger partial charge in [0, 0.05) is 34.4 Å². The molecule has 2 aliphatic rings. The van der Waals surface area contributed by atoms with Crippen LogP contribution in [0, 0.1) is 11.8 Å². The SMILES string of the molecule is CC1CCC2C(C1)c1c(c3ccccc3c3nc4ccc(C(=O)NCc5ccccc5)cc4nc13)OC2(C)C. The molecular weight excluding hydrogens is 482 g/mol. The van der Waals surface area contributed by atoms with Crippen LogP contribution in [-0.4, -0.2) is 21.5 Å². The normalized spacial score (nSPS) is 21.8. The third-order valence-corrected chi connectivity index (χ3v) is 8.89. The molecule has 1 aliphatic carbocycles. The summed E-state index contributed by atoms with van der Waals surface area (Å²) in [4.78, 5) is 23.4. The van der Waals surface area contributed by atoms with E-state index in [0.717, 1.165) is 57.0 Å². The van der Waals surface area contributed by atoms with Gasteiger partial charge < -0.3 is 10.1 Å². The number of benzene rings is 4. The van der Waals surface area contributed by atoms with Crippen molar-refractivity contribution < 1.29 is 9.53 Å². The van der Waals surface area contributed by atoms with Gasteiger partial charge in [0.2, 0.25) is 0 Å². The summed E-state index contributed by atoms with van der Waals surface area (Å²) >= 11 is 0. The lowest BCUT2D eigenvalue weighted by atomic mass is 9.64. The Morgan fingerprint density at radius 2 is 1.67 bits per heavy atom. The summed E-state index contributed by atoms with van der Waals surface area (Å²) in [5.41, 5.74) is 5.96. The molecule has 1 fully saturated rings. The number of carbonyl (C=O) groups is 1. The number of rotatable bonds is 3. The number of hydrogen-bond acceptors (Lipinski definition) is 4. The Balaban J connectivity index is 1.39. The average molecular weight is 516 g/mol. The number of carbonyl (C=O) groups excluding carboxylic acids is 1. The van der Waals surface area contributed by atoms with E-state index in [4.69, 9.17) is 14.7 Å². The third-order valence-electron chi connectivity index (χ3n) is 8.89. The first-order chi connectivity index (χ1) is 18.9. The van der Waals surface area contributed by atoms with Crippen LogP contribution < -0.4 is 10.1 Å².